The summed E-state index contributed by atoms with van der Waals surface area (Å²) in [6.07, 6.45) is 0. The highest BCUT2D eigenvalue weighted by Gasteiger charge is 2.15. The second kappa shape index (κ2) is 4.82. The molecule has 6 N–H and O–H groups in total. The van der Waals surface area contributed by atoms with Crippen LogP contribution in [0.1, 0.15) is 11.4 Å². The molecule has 2 aromatic rings. The van der Waals surface area contributed by atoms with Crippen molar-refractivity contribution in [3.05, 3.63) is 23.5 Å². The summed E-state index contributed by atoms with van der Waals surface area (Å²) in [4.78, 5) is -0.0110. The van der Waals surface area contributed by atoms with Crippen LogP contribution in [0, 0.1) is 6.92 Å². The van der Waals surface area contributed by atoms with Gasteiger partial charge in [-0.2, -0.15) is 5.21 Å². The topological polar surface area (TPSA) is 153 Å². The third kappa shape index (κ3) is 2.98. The summed E-state index contributed by atoms with van der Waals surface area (Å²) in [6, 6.07) is 2.94. The van der Waals surface area contributed by atoms with E-state index in [9.17, 15) is 8.42 Å². The highest BCUT2D eigenvalue weighted by atomic mass is 32.2. The van der Waals surface area contributed by atoms with Gasteiger partial charge >= 0.3 is 0 Å². The molecule has 0 saturated carbocycles. The maximum Gasteiger partial charge on any atom is 0.238 e. The van der Waals surface area contributed by atoms with Crippen molar-refractivity contribution in [2.45, 2.75) is 18.4 Å². The zero-order valence-corrected chi connectivity index (χ0v) is 10.9. The average molecular weight is 283 g/mol. The number of H-pyrrole nitrogens is 1. The number of rotatable bonds is 4. The van der Waals surface area contributed by atoms with E-state index in [2.05, 4.69) is 25.9 Å². The SMILES string of the molecule is Cc1c(NCc2nn[nH]n2)cc(N)cc1S(N)(=O)=O. The van der Waals surface area contributed by atoms with Crippen molar-refractivity contribution in [1.82, 2.24) is 20.6 Å². The molecule has 0 aliphatic carbocycles. The van der Waals surface area contributed by atoms with Gasteiger partial charge in [0, 0.05) is 11.4 Å². The van der Waals surface area contributed by atoms with Gasteiger partial charge in [0.15, 0.2) is 5.82 Å². The lowest BCUT2D eigenvalue weighted by Crippen LogP contribution is -2.15. The van der Waals surface area contributed by atoms with Gasteiger partial charge in [0.25, 0.3) is 0 Å². The van der Waals surface area contributed by atoms with E-state index in [1.165, 1.54) is 6.07 Å². The average Bonchev–Trinajstić information content (AvgIpc) is 2.81. The zero-order chi connectivity index (χ0) is 14.0. The Morgan fingerprint density at radius 2 is 2.16 bits per heavy atom. The Labute approximate surface area is 109 Å². The molecule has 0 atom stereocenters. The van der Waals surface area contributed by atoms with Crippen LogP contribution in [0.3, 0.4) is 0 Å². The molecule has 0 saturated heterocycles. The predicted molar refractivity (Wildman–Crippen MR) is 68.5 cm³/mol. The number of nitrogen functional groups attached to an aromatic ring is 1. The quantitative estimate of drug-likeness (QED) is 0.544. The molecule has 0 radical (unpaired) electrons. The second-order valence-corrected chi connectivity index (χ2v) is 5.45. The van der Waals surface area contributed by atoms with E-state index < -0.39 is 10.0 Å². The molecule has 0 spiro atoms. The molecule has 0 aliphatic heterocycles. The molecule has 0 fully saturated rings. The number of nitrogens with two attached hydrogens (primary N) is 2. The first-order valence-corrected chi connectivity index (χ1v) is 6.81. The Balaban J connectivity index is 2.33. The summed E-state index contributed by atoms with van der Waals surface area (Å²) in [6.45, 7) is 1.92. The Hall–Kier alpha value is -2.20. The lowest BCUT2D eigenvalue weighted by molar-refractivity contribution is 0.597. The Morgan fingerprint density at radius 3 is 2.74 bits per heavy atom. The number of aromatic nitrogens is 4. The van der Waals surface area contributed by atoms with Gasteiger partial charge in [0.1, 0.15) is 0 Å². The van der Waals surface area contributed by atoms with Gasteiger partial charge in [-0.25, -0.2) is 13.6 Å². The van der Waals surface area contributed by atoms with Crippen molar-refractivity contribution < 1.29 is 8.42 Å². The molecule has 0 bridgehead atoms. The number of hydrogen-bond donors (Lipinski definition) is 4. The predicted octanol–water partition coefficient (Wildman–Crippen LogP) is -0.650. The highest BCUT2D eigenvalue weighted by molar-refractivity contribution is 7.89. The highest BCUT2D eigenvalue weighted by Crippen LogP contribution is 2.26. The molecule has 1 aromatic carbocycles. The van der Waals surface area contributed by atoms with Gasteiger partial charge in [-0.15, -0.1) is 10.2 Å². The number of tetrazole rings is 1. The van der Waals surface area contributed by atoms with Gasteiger partial charge in [-0.1, -0.05) is 5.21 Å². The number of hydrogen-bond acceptors (Lipinski definition) is 7. The summed E-state index contributed by atoms with van der Waals surface area (Å²) in [7, 11) is -3.82. The van der Waals surface area contributed by atoms with Crippen LogP contribution in [-0.2, 0) is 16.6 Å². The molecule has 1 heterocycles. The minimum absolute atomic E-state index is 0.0110. The number of nitrogens with one attached hydrogen (secondary N) is 2. The maximum absolute atomic E-state index is 11.4. The van der Waals surface area contributed by atoms with Crippen LogP contribution in [0.4, 0.5) is 11.4 Å². The second-order valence-electron chi connectivity index (χ2n) is 3.92. The van der Waals surface area contributed by atoms with Gasteiger partial charge in [0.05, 0.1) is 11.4 Å². The van der Waals surface area contributed by atoms with Gasteiger partial charge < -0.3 is 11.1 Å². The summed E-state index contributed by atoms with van der Waals surface area (Å²) in [5.74, 6) is 0.444. The number of sulfonamides is 1. The minimum Gasteiger partial charge on any atom is -0.399 e. The molecule has 0 unspecified atom stereocenters. The van der Waals surface area contributed by atoms with Gasteiger partial charge in [-0.05, 0) is 24.6 Å². The first-order valence-electron chi connectivity index (χ1n) is 5.27. The molecule has 19 heavy (non-hydrogen) atoms. The number of aromatic amines is 1. The molecular weight excluding hydrogens is 270 g/mol. The molecule has 10 heteroatoms. The number of nitrogens with zero attached hydrogens (tertiary/aromatic N) is 3. The van der Waals surface area contributed by atoms with Crippen molar-refractivity contribution in [2.24, 2.45) is 5.14 Å². The van der Waals surface area contributed by atoms with Crippen LogP contribution in [-0.4, -0.2) is 29.0 Å². The molecule has 2 rings (SSSR count). The van der Waals surface area contributed by atoms with Gasteiger partial charge in [0.2, 0.25) is 10.0 Å². The normalized spacial score (nSPS) is 11.5. The van der Waals surface area contributed by atoms with Crippen molar-refractivity contribution in [3.63, 3.8) is 0 Å². The molecule has 102 valence electrons. The van der Waals surface area contributed by atoms with E-state index in [4.69, 9.17) is 10.9 Å². The van der Waals surface area contributed by atoms with Crippen molar-refractivity contribution in [1.29, 1.82) is 0 Å². The van der Waals surface area contributed by atoms with E-state index >= 15 is 0 Å². The van der Waals surface area contributed by atoms with Crippen LogP contribution in [0.25, 0.3) is 0 Å². The summed E-state index contributed by atoms with van der Waals surface area (Å²) < 4.78 is 22.9. The van der Waals surface area contributed by atoms with Crippen molar-refractivity contribution in [2.75, 3.05) is 11.1 Å². The van der Waals surface area contributed by atoms with E-state index in [0.29, 0.717) is 22.8 Å². The monoisotopic (exact) mass is 283 g/mol. The van der Waals surface area contributed by atoms with Crippen LogP contribution < -0.4 is 16.2 Å². The smallest absolute Gasteiger partial charge is 0.238 e. The molecule has 0 amide bonds. The first kappa shape index (κ1) is 13.2. The van der Waals surface area contributed by atoms with Gasteiger partial charge in [-0.3, -0.25) is 0 Å². The van der Waals surface area contributed by atoms with Crippen LogP contribution in [0.2, 0.25) is 0 Å². The third-order valence-electron chi connectivity index (χ3n) is 2.52. The largest absolute Gasteiger partial charge is 0.399 e. The fourth-order valence-corrected chi connectivity index (χ4v) is 2.46. The van der Waals surface area contributed by atoms with Crippen LogP contribution >= 0.6 is 0 Å². The minimum atomic E-state index is -3.82. The van der Waals surface area contributed by atoms with Crippen LogP contribution in [0.15, 0.2) is 17.0 Å². The first-order chi connectivity index (χ1) is 8.88. The summed E-state index contributed by atoms with van der Waals surface area (Å²) in [5, 5.41) is 21.4. The number of benzene rings is 1. The van der Waals surface area contributed by atoms with Crippen LogP contribution in [0.5, 0.6) is 0 Å². The molecule has 1 aromatic heterocycles. The lowest BCUT2D eigenvalue weighted by Gasteiger charge is -2.12. The molecule has 9 nitrogen and oxygen atoms in total. The summed E-state index contributed by atoms with van der Waals surface area (Å²) >= 11 is 0. The Bertz CT molecular complexity index is 681. The molecule has 0 aliphatic rings. The fourth-order valence-electron chi connectivity index (χ4n) is 1.62. The zero-order valence-electron chi connectivity index (χ0n) is 10.1. The fraction of sp³-hybridized carbons (Fsp3) is 0.222. The van der Waals surface area contributed by atoms with E-state index in [1.54, 1.807) is 13.0 Å². The third-order valence-corrected chi connectivity index (χ3v) is 3.55. The van der Waals surface area contributed by atoms with Crippen molar-refractivity contribution >= 4 is 21.4 Å². The number of primary sulfonamides is 1. The standard InChI is InChI=1S/C9H13N7O2S/c1-5-7(12-4-9-13-15-16-14-9)2-6(10)3-8(5)19(11,17)18/h2-3,12H,4,10H2,1H3,(H2,11,17,18)(H,13,14,15,16). The Kier molecular flexibility index (Phi) is 3.36. The van der Waals surface area contributed by atoms with E-state index in [1.807, 2.05) is 0 Å². The van der Waals surface area contributed by atoms with Crippen molar-refractivity contribution in [3.8, 4) is 0 Å². The lowest BCUT2D eigenvalue weighted by atomic mass is 10.2. The van der Waals surface area contributed by atoms with E-state index in [-0.39, 0.29) is 11.4 Å². The maximum atomic E-state index is 11.4. The van der Waals surface area contributed by atoms with E-state index in [0.717, 1.165) is 0 Å². The Morgan fingerprint density at radius 1 is 1.42 bits per heavy atom. The number of anilines is 2. The summed E-state index contributed by atoms with van der Waals surface area (Å²) in [5.41, 5.74) is 7.00. The molecular formula is C9H13N7O2S.